The molecule has 9 heteroatoms. The zero-order chi connectivity index (χ0) is 24.4. The molecule has 0 fully saturated rings. The van der Waals surface area contributed by atoms with E-state index in [1.165, 1.54) is 12.4 Å². The Morgan fingerprint density at radius 2 is 1.89 bits per heavy atom. The van der Waals surface area contributed by atoms with Gasteiger partial charge in [-0.2, -0.15) is 18.3 Å². The third-order valence-corrected chi connectivity index (χ3v) is 6.11. The normalized spacial score (nSPS) is 13.9. The molecule has 3 aromatic carbocycles. The van der Waals surface area contributed by atoms with Gasteiger partial charge in [-0.1, -0.05) is 48.5 Å². The molecule has 4 aromatic rings. The molecular formula is C26H22F3N5O. The summed E-state index contributed by atoms with van der Waals surface area (Å²) < 4.78 is 40.4. The monoisotopic (exact) mass is 477 g/mol. The highest BCUT2D eigenvalue weighted by molar-refractivity contribution is 6.09. The van der Waals surface area contributed by atoms with E-state index < -0.39 is 17.6 Å². The van der Waals surface area contributed by atoms with Gasteiger partial charge in [0.2, 0.25) is 0 Å². The second kappa shape index (κ2) is 9.34. The van der Waals surface area contributed by atoms with E-state index in [-0.39, 0.29) is 5.56 Å². The highest BCUT2D eigenvalue weighted by atomic mass is 19.4. The number of benzene rings is 3. The summed E-state index contributed by atoms with van der Waals surface area (Å²) in [5.74, 6) is 0.155. The maximum atomic E-state index is 13.5. The van der Waals surface area contributed by atoms with E-state index in [0.29, 0.717) is 29.9 Å². The van der Waals surface area contributed by atoms with Gasteiger partial charge in [0.15, 0.2) is 0 Å². The first kappa shape index (κ1) is 22.8. The first-order chi connectivity index (χ1) is 16.9. The van der Waals surface area contributed by atoms with Crippen LogP contribution >= 0.6 is 0 Å². The number of nitrogens with zero attached hydrogens (tertiary/aromatic N) is 3. The molecule has 0 aliphatic carbocycles. The van der Waals surface area contributed by atoms with Crippen LogP contribution < -0.4 is 5.32 Å². The molecule has 35 heavy (non-hydrogen) atoms. The number of hydrogen-bond donors (Lipinski definition) is 2. The molecule has 1 amide bonds. The highest BCUT2D eigenvalue weighted by Gasteiger charge is 2.32. The van der Waals surface area contributed by atoms with Crippen LogP contribution in [0.1, 0.15) is 32.9 Å². The van der Waals surface area contributed by atoms with Gasteiger partial charge in [0.05, 0.1) is 12.1 Å². The average molecular weight is 477 g/mol. The fourth-order valence-corrected chi connectivity index (χ4v) is 4.38. The Morgan fingerprint density at radius 1 is 1.06 bits per heavy atom. The number of hydrogen-bond acceptors (Lipinski definition) is 4. The molecule has 178 valence electrons. The lowest BCUT2D eigenvalue weighted by atomic mass is 9.95. The van der Waals surface area contributed by atoms with Gasteiger partial charge in [-0.15, -0.1) is 0 Å². The Bertz CT molecular complexity index is 1340. The molecule has 1 aliphatic heterocycles. The van der Waals surface area contributed by atoms with Crippen molar-refractivity contribution < 1.29 is 18.0 Å². The van der Waals surface area contributed by atoms with Crippen molar-refractivity contribution in [3.63, 3.8) is 0 Å². The van der Waals surface area contributed by atoms with Gasteiger partial charge >= 0.3 is 6.18 Å². The van der Waals surface area contributed by atoms with Crippen LogP contribution in [0, 0.1) is 0 Å². The zero-order valence-corrected chi connectivity index (χ0v) is 18.6. The molecule has 5 rings (SSSR count). The molecule has 0 spiro atoms. The summed E-state index contributed by atoms with van der Waals surface area (Å²) in [6.07, 6.45) is -2.32. The first-order valence-corrected chi connectivity index (χ1v) is 11.1. The van der Waals surface area contributed by atoms with Crippen molar-refractivity contribution in [1.29, 1.82) is 0 Å². The Balaban J connectivity index is 1.46. The summed E-state index contributed by atoms with van der Waals surface area (Å²) in [5, 5.41) is 9.62. The van der Waals surface area contributed by atoms with Crippen molar-refractivity contribution in [2.45, 2.75) is 25.7 Å². The summed E-state index contributed by atoms with van der Waals surface area (Å²) >= 11 is 0. The minimum Gasteiger partial charge on any atom is -0.322 e. The third-order valence-electron chi connectivity index (χ3n) is 6.11. The van der Waals surface area contributed by atoms with Crippen LogP contribution in [0.4, 0.5) is 18.9 Å². The molecule has 2 heterocycles. The topological polar surface area (TPSA) is 73.9 Å². The zero-order valence-electron chi connectivity index (χ0n) is 18.6. The number of nitrogens with one attached hydrogen (secondary N) is 2. The van der Waals surface area contributed by atoms with Crippen molar-refractivity contribution in [2.24, 2.45) is 0 Å². The number of carbonyl (C=O) groups excluding carboxylic acids is 1. The van der Waals surface area contributed by atoms with Crippen molar-refractivity contribution in [1.82, 2.24) is 20.1 Å². The predicted octanol–water partition coefficient (Wildman–Crippen LogP) is 5.30. The minimum atomic E-state index is -4.56. The number of carbonyl (C=O) groups is 1. The van der Waals surface area contributed by atoms with E-state index >= 15 is 0 Å². The van der Waals surface area contributed by atoms with Crippen LogP contribution in [0.3, 0.4) is 0 Å². The number of aromatic nitrogens is 3. The van der Waals surface area contributed by atoms with Crippen LogP contribution in [0.25, 0.3) is 11.1 Å². The van der Waals surface area contributed by atoms with E-state index in [1.54, 1.807) is 30.3 Å². The Hall–Kier alpha value is -3.98. The van der Waals surface area contributed by atoms with Gasteiger partial charge in [0.1, 0.15) is 12.2 Å². The lowest BCUT2D eigenvalue weighted by Gasteiger charge is -2.29. The number of anilines is 1. The number of aromatic amines is 1. The molecule has 0 radical (unpaired) electrons. The summed E-state index contributed by atoms with van der Waals surface area (Å²) in [5.41, 5.74) is 2.84. The number of H-pyrrole nitrogens is 1. The Labute approximate surface area is 199 Å². The molecule has 0 saturated heterocycles. The molecule has 0 saturated carbocycles. The first-order valence-electron chi connectivity index (χ1n) is 11.1. The van der Waals surface area contributed by atoms with E-state index in [4.69, 9.17) is 0 Å². The summed E-state index contributed by atoms with van der Waals surface area (Å²) in [6, 6.07) is 17.8. The summed E-state index contributed by atoms with van der Waals surface area (Å²) in [6.45, 7) is 1.96. The van der Waals surface area contributed by atoms with Gasteiger partial charge in [0, 0.05) is 24.3 Å². The van der Waals surface area contributed by atoms with Crippen molar-refractivity contribution >= 4 is 11.6 Å². The fourth-order valence-electron chi connectivity index (χ4n) is 4.38. The summed E-state index contributed by atoms with van der Waals surface area (Å²) in [7, 11) is 0. The Kier molecular flexibility index (Phi) is 6.08. The molecule has 1 aromatic heterocycles. The minimum absolute atomic E-state index is 0.0297. The van der Waals surface area contributed by atoms with Gasteiger partial charge in [0.25, 0.3) is 5.91 Å². The average Bonchev–Trinajstić information content (AvgIpc) is 3.37. The molecule has 2 N–H and O–H groups in total. The van der Waals surface area contributed by atoms with E-state index in [1.807, 2.05) is 18.2 Å². The third kappa shape index (κ3) is 4.95. The summed E-state index contributed by atoms with van der Waals surface area (Å²) in [4.78, 5) is 19.7. The maximum Gasteiger partial charge on any atom is 0.416 e. The molecular weight excluding hydrogens is 455 g/mol. The smallest absolute Gasteiger partial charge is 0.322 e. The lowest BCUT2D eigenvalue weighted by molar-refractivity contribution is -0.137. The van der Waals surface area contributed by atoms with Crippen LogP contribution in [-0.2, 0) is 25.7 Å². The molecule has 0 bridgehead atoms. The number of fused-ring (bicyclic) bond motifs is 1. The van der Waals surface area contributed by atoms with Crippen LogP contribution in [-0.4, -0.2) is 32.5 Å². The van der Waals surface area contributed by atoms with Crippen LogP contribution in [0.5, 0.6) is 0 Å². The number of amides is 1. The number of rotatable bonds is 5. The van der Waals surface area contributed by atoms with Crippen LogP contribution in [0.15, 0.2) is 73.1 Å². The fraction of sp³-hybridized carbons (Fsp3) is 0.192. The van der Waals surface area contributed by atoms with Gasteiger partial charge < -0.3 is 5.32 Å². The quantitative estimate of drug-likeness (QED) is 0.409. The van der Waals surface area contributed by atoms with Crippen molar-refractivity contribution in [2.75, 3.05) is 11.9 Å². The van der Waals surface area contributed by atoms with Gasteiger partial charge in [-0.3, -0.25) is 14.8 Å². The van der Waals surface area contributed by atoms with Gasteiger partial charge in [-0.05, 0) is 46.9 Å². The predicted molar refractivity (Wildman–Crippen MR) is 125 cm³/mol. The van der Waals surface area contributed by atoms with E-state index in [2.05, 4.69) is 25.4 Å². The largest absolute Gasteiger partial charge is 0.416 e. The van der Waals surface area contributed by atoms with E-state index in [9.17, 15) is 18.0 Å². The van der Waals surface area contributed by atoms with Gasteiger partial charge in [-0.25, -0.2) is 4.98 Å². The maximum absolute atomic E-state index is 13.5. The van der Waals surface area contributed by atoms with Crippen molar-refractivity contribution in [3.8, 4) is 11.1 Å². The second-order valence-corrected chi connectivity index (χ2v) is 8.41. The van der Waals surface area contributed by atoms with E-state index in [0.717, 1.165) is 42.0 Å². The van der Waals surface area contributed by atoms with Crippen molar-refractivity contribution in [3.05, 3.63) is 101 Å². The van der Waals surface area contributed by atoms with Crippen LogP contribution in [0.2, 0.25) is 0 Å². The number of alkyl halides is 3. The molecule has 6 nitrogen and oxygen atoms in total. The second-order valence-electron chi connectivity index (χ2n) is 8.41. The molecule has 0 atom stereocenters. The Morgan fingerprint density at radius 3 is 2.63 bits per heavy atom. The standard InChI is InChI=1S/C26H22F3N5O/c27-26(28,29)19-9-10-20(17-5-2-1-3-6-17)21(13-19)25(35)32-23-8-4-7-18-11-12-34(14-22(18)23)15-24-30-16-31-33-24/h1-10,13,16H,11-12,14-15H2,(H,32,35)(H,30,31,33). The molecule has 1 aliphatic rings. The highest BCUT2D eigenvalue weighted by Crippen LogP contribution is 2.34. The SMILES string of the molecule is O=C(Nc1cccc2c1CN(Cc1ncn[nH]1)CC2)c1cc(C(F)(F)F)ccc1-c1ccccc1. The molecule has 0 unspecified atom stereocenters. The number of halogens is 3. The lowest BCUT2D eigenvalue weighted by Crippen LogP contribution is -2.31.